The van der Waals surface area contributed by atoms with E-state index < -0.39 is 23.5 Å². The number of anilines is 2. The predicted octanol–water partition coefficient (Wildman–Crippen LogP) is -0.392. The van der Waals surface area contributed by atoms with Crippen molar-refractivity contribution in [1.82, 2.24) is 26.0 Å². The number of nitrogens with two attached hydrogens (primary N) is 2. The Kier molecular flexibility index (Phi) is 7.07. The second-order valence-corrected chi connectivity index (χ2v) is 6.10. The van der Waals surface area contributed by atoms with Gasteiger partial charge in [-0.05, 0) is 20.8 Å². The lowest BCUT2D eigenvalue weighted by atomic mass is 10.2. The van der Waals surface area contributed by atoms with Crippen LogP contribution in [0.3, 0.4) is 0 Å². The zero-order valence-corrected chi connectivity index (χ0v) is 15.0. The molecule has 7 N–H and O–H groups in total. The second kappa shape index (κ2) is 8.80. The monoisotopic (exact) mass is 386 g/mol. The van der Waals surface area contributed by atoms with Gasteiger partial charge in [0.1, 0.15) is 18.5 Å². The lowest BCUT2D eigenvalue weighted by Crippen LogP contribution is -2.39. The Labute approximate surface area is 153 Å². The minimum absolute atomic E-state index is 0.113. The maximum absolute atomic E-state index is 11.8. The van der Waals surface area contributed by atoms with Crippen LogP contribution < -0.4 is 27.5 Å². The highest BCUT2D eigenvalue weighted by atomic mass is 35.5. The number of hydrogen-bond acceptors (Lipinski definition) is 9. The van der Waals surface area contributed by atoms with E-state index >= 15 is 0 Å². The van der Waals surface area contributed by atoms with E-state index in [1.807, 2.05) is 5.43 Å². The van der Waals surface area contributed by atoms with Gasteiger partial charge in [-0.25, -0.2) is 20.2 Å². The summed E-state index contributed by atoms with van der Waals surface area (Å²) in [5.41, 5.74) is 12.0. The molecule has 1 aromatic heterocycles. The molecule has 0 radical (unpaired) electrons. The van der Waals surface area contributed by atoms with Crippen LogP contribution >= 0.6 is 11.6 Å². The van der Waals surface area contributed by atoms with Gasteiger partial charge in [0.2, 0.25) is 0 Å². The summed E-state index contributed by atoms with van der Waals surface area (Å²) in [6, 6.07) is -0.781. The van der Waals surface area contributed by atoms with Crippen LogP contribution in [0.5, 0.6) is 0 Å². The molecule has 0 saturated carbocycles. The van der Waals surface area contributed by atoms with Crippen molar-refractivity contribution < 1.29 is 19.1 Å². The molecule has 0 fully saturated rings. The number of amides is 3. The summed E-state index contributed by atoms with van der Waals surface area (Å²) in [5, 5.41) is 7.68. The van der Waals surface area contributed by atoms with Gasteiger partial charge >= 0.3 is 12.0 Å². The van der Waals surface area contributed by atoms with Crippen LogP contribution in [0.15, 0.2) is 5.10 Å². The van der Waals surface area contributed by atoms with E-state index in [1.54, 1.807) is 20.8 Å². The van der Waals surface area contributed by atoms with Gasteiger partial charge in [0.15, 0.2) is 22.5 Å². The third-order valence-electron chi connectivity index (χ3n) is 2.36. The van der Waals surface area contributed by atoms with Crippen molar-refractivity contribution >= 4 is 47.5 Å². The van der Waals surface area contributed by atoms with Crippen LogP contribution in [0.2, 0.25) is 5.15 Å². The molecule has 0 bridgehead atoms. The largest absolute Gasteiger partial charge is 0.459 e. The number of nitrogens with zero attached hydrogens (tertiary/aromatic N) is 3. The molecule has 3 amide bonds. The number of halogens is 1. The Balaban J connectivity index is 2.43. The molecule has 0 atom stereocenters. The number of nitrogen functional groups attached to an aromatic ring is 2. The Morgan fingerprint density at radius 3 is 2.50 bits per heavy atom. The highest BCUT2D eigenvalue weighted by Gasteiger charge is 2.17. The molecule has 1 rings (SSSR count). The number of urea groups is 1. The summed E-state index contributed by atoms with van der Waals surface area (Å²) in [5.74, 6) is -1.71. The number of carbonyl (C=O) groups excluding carboxylic acids is 3. The van der Waals surface area contributed by atoms with Crippen molar-refractivity contribution in [2.75, 3.05) is 18.0 Å². The summed E-state index contributed by atoms with van der Waals surface area (Å²) in [6.45, 7) is 4.75. The molecular formula is C13H19ClN8O4. The van der Waals surface area contributed by atoms with Crippen molar-refractivity contribution in [1.29, 1.82) is 0 Å². The van der Waals surface area contributed by atoms with E-state index in [2.05, 4.69) is 25.7 Å². The van der Waals surface area contributed by atoms with Crippen LogP contribution in [0.4, 0.5) is 16.4 Å². The van der Waals surface area contributed by atoms with Crippen molar-refractivity contribution in [2.24, 2.45) is 5.10 Å². The highest BCUT2D eigenvalue weighted by Crippen LogP contribution is 2.16. The molecular weight excluding hydrogens is 368 g/mol. The van der Waals surface area contributed by atoms with Crippen LogP contribution in [0.1, 0.15) is 31.3 Å². The van der Waals surface area contributed by atoms with Crippen LogP contribution in [0.25, 0.3) is 0 Å². The molecule has 0 spiro atoms. The van der Waals surface area contributed by atoms with Crippen LogP contribution in [0, 0.1) is 0 Å². The molecule has 0 unspecified atom stereocenters. The fourth-order valence-electron chi connectivity index (χ4n) is 1.43. The van der Waals surface area contributed by atoms with Gasteiger partial charge in [-0.15, -0.1) is 0 Å². The maximum atomic E-state index is 11.8. The standard InChI is InChI=1S/C13H19ClN8O4/c1-13(2,3)26-6(23)4-17-12(25)22-19-5-18-11(24)7-9(15)21-10(16)8(14)20-7/h5H,4H2,1-3H3,(H4,15,16,21)(H2,17,22,25)(H,18,19,24). The minimum Gasteiger partial charge on any atom is -0.459 e. The van der Waals surface area contributed by atoms with E-state index in [0.29, 0.717) is 0 Å². The third-order valence-corrected chi connectivity index (χ3v) is 2.64. The van der Waals surface area contributed by atoms with E-state index in [4.69, 9.17) is 27.8 Å². The molecule has 142 valence electrons. The van der Waals surface area contributed by atoms with Crippen molar-refractivity contribution in [3.05, 3.63) is 10.8 Å². The average Bonchev–Trinajstić information content (AvgIpc) is 2.51. The number of ether oxygens (including phenoxy) is 1. The number of nitrogens with one attached hydrogen (secondary N) is 3. The minimum atomic E-state index is -0.781. The molecule has 12 nitrogen and oxygen atoms in total. The molecule has 26 heavy (non-hydrogen) atoms. The topological polar surface area (TPSA) is 187 Å². The normalized spacial score (nSPS) is 11.1. The molecule has 0 saturated heterocycles. The third kappa shape index (κ3) is 7.17. The first-order valence-corrected chi connectivity index (χ1v) is 7.54. The first kappa shape index (κ1) is 20.9. The number of aromatic nitrogens is 2. The quantitative estimate of drug-likeness (QED) is 0.196. The number of rotatable bonds is 5. The predicted molar refractivity (Wildman–Crippen MR) is 94.2 cm³/mol. The fourth-order valence-corrected chi connectivity index (χ4v) is 1.56. The smallest absolute Gasteiger partial charge is 0.335 e. The second-order valence-electron chi connectivity index (χ2n) is 5.75. The summed E-state index contributed by atoms with van der Waals surface area (Å²) < 4.78 is 5.00. The van der Waals surface area contributed by atoms with E-state index in [1.165, 1.54) is 0 Å². The summed E-state index contributed by atoms with van der Waals surface area (Å²) in [7, 11) is 0. The number of carbonyl (C=O) groups is 3. The Hall–Kier alpha value is -3.15. The fraction of sp³-hybridized carbons (Fsp3) is 0.385. The van der Waals surface area contributed by atoms with Gasteiger partial charge in [-0.2, -0.15) is 5.10 Å². The molecule has 0 aliphatic heterocycles. The Bertz CT molecular complexity index is 732. The van der Waals surface area contributed by atoms with Crippen molar-refractivity contribution in [3.63, 3.8) is 0 Å². The van der Waals surface area contributed by atoms with Gasteiger partial charge in [-0.3, -0.25) is 9.59 Å². The van der Waals surface area contributed by atoms with Gasteiger partial charge in [0, 0.05) is 0 Å². The SMILES string of the molecule is CC(C)(C)OC(=O)CNC(=O)NN=CNC(=O)c1nc(Cl)c(N)nc1N. The lowest BCUT2D eigenvalue weighted by molar-refractivity contribution is -0.153. The lowest BCUT2D eigenvalue weighted by Gasteiger charge is -2.19. The van der Waals surface area contributed by atoms with Crippen LogP contribution in [-0.4, -0.2) is 46.4 Å². The Morgan fingerprint density at radius 2 is 1.88 bits per heavy atom. The van der Waals surface area contributed by atoms with E-state index in [-0.39, 0.29) is 29.0 Å². The number of esters is 1. The molecule has 1 aromatic rings. The molecule has 13 heteroatoms. The maximum Gasteiger partial charge on any atom is 0.335 e. The Morgan fingerprint density at radius 1 is 1.23 bits per heavy atom. The zero-order valence-electron chi connectivity index (χ0n) is 14.3. The molecule has 1 heterocycles. The van der Waals surface area contributed by atoms with Crippen molar-refractivity contribution in [3.8, 4) is 0 Å². The first-order chi connectivity index (χ1) is 12.0. The molecule has 0 aliphatic carbocycles. The van der Waals surface area contributed by atoms with Gasteiger partial charge < -0.3 is 26.8 Å². The van der Waals surface area contributed by atoms with Gasteiger partial charge in [-0.1, -0.05) is 11.6 Å². The van der Waals surface area contributed by atoms with E-state index in [9.17, 15) is 14.4 Å². The zero-order chi connectivity index (χ0) is 19.9. The first-order valence-electron chi connectivity index (χ1n) is 7.16. The average molecular weight is 387 g/mol. The number of hydrazone groups is 1. The molecule has 0 aromatic carbocycles. The van der Waals surface area contributed by atoms with Gasteiger partial charge in [0.25, 0.3) is 5.91 Å². The highest BCUT2D eigenvalue weighted by molar-refractivity contribution is 6.31. The summed E-state index contributed by atoms with van der Waals surface area (Å²) in [4.78, 5) is 42.0. The van der Waals surface area contributed by atoms with E-state index in [0.717, 1.165) is 6.34 Å². The summed E-state index contributed by atoms with van der Waals surface area (Å²) in [6.07, 6.45) is 0.876. The summed E-state index contributed by atoms with van der Waals surface area (Å²) >= 11 is 5.66. The van der Waals surface area contributed by atoms with Crippen LogP contribution in [-0.2, 0) is 9.53 Å². The van der Waals surface area contributed by atoms with Crippen molar-refractivity contribution in [2.45, 2.75) is 26.4 Å². The molecule has 0 aliphatic rings. The van der Waals surface area contributed by atoms with Gasteiger partial charge in [0.05, 0.1) is 0 Å². The number of hydrogen-bond donors (Lipinski definition) is 5.